The SMILES string of the molecule is CC(N)c1nnc(N2CCN(c3ccccn3)CC2)o1. The van der Waals surface area contributed by atoms with Crippen molar-refractivity contribution in [1.29, 1.82) is 0 Å². The Balaban J connectivity index is 1.63. The largest absolute Gasteiger partial charge is 0.406 e. The van der Waals surface area contributed by atoms with Crippen molar-refractivity contribution in [2.45, 2.75) is 13.0 Å². The van der Waals surface area contributed by atoms with Crippen LogP contribution in [0, 0.1) is 0 Å². The minimum atomic E-state index is -0.231. The molecule has 0 aromatic carbocycles. The Kier molecular flexibility index (Phi) is 3.51. The van der Waals surface area contributed by atoms with Gasteiger partial charge < -0.3 is 20.0 Å². The van der Waals surface area contributed by atoms with E-state index in [1.165, 1.54) is 0 Å². The van der Waals surface area contributed by atoms with Crippen LogP contribution < -0.4 is 15.5 Å². The fourth-order valence-electron chi connectivity index (χ4n) is 2.21. The number of aromatic nitrogens is 3. The van der Waals surface area contributed by atoms with Crippen LogP contribution in [-0.4, -0.2) is 41.4 Å². The molecule has 0 spiro atoms. The minimum Gasteiger partial charge on any atom is -0.406 e. The second-order valence-corrected chi connectivity index (χ2v) is 4.87. The highest BCUT2D eigenvalue weighted by Crippen LogP contribution is 2.19. The van der Waals surface area contributed by atoms with E-state index in [9.17, 15) is 0 Å². The lowest BCUT2D eigenvalue weighted by Crippen LogP contribution is -2.47. The van der Waals surface area contributed by atoms with Gasteiger partial charge in [0.15, 0.2) is 0 Å². The number of nitrogens with zero attached hydrogens (tertiary/aromatic N) is 5. The molecular formula is C13H18N6O. The van der Waals surface area contributed by atoms with E-state index in [0.29, 0.717) is 11.9 Å². The molecule has 20 heavy (non-hydrogen) atoms. The van der Waals surface area contributed by atoms with Gasteiger partial charge in [0.05, 0.1) is 6.04 Å². The maximum atomic E-state index is 5.72. The summed E-state index contributed by atoms with van der Waals surface area (Å²) in [6.45, 7) is 5.25. The minimum absolute atomic E-state index is 0.231. The number of anilines is 2. The molecule has 2 N–H and O–H groups in total. The van der Waals surface area contributed by atoms with Gasteiger partial charge in [0.1, 0.15) is 5.82 Å². The molecule has 2 aromatic rings. The fourth-order valence-corrected chi connectivity index (χ4v) is 2.21. The van der Waals surface area contributed by atoms with Crippen LogP contribution in [-0.2, 0) is 0 Å². The van der Waals surface area contributed by atoms with Crippen LogP contribution in [0.3, 0.4) is 0 Å². The Morgan fingerprint density at radius 2 is 1.90 bits per heavy atom. The summed E-state index contributed by atoms with van der Waals surface area (Å²) in [7, 11) is 0. The molecule has 0 bridgehead atoms. The van der Waals surface area contributed by atoms with Crippen molar-refractivity contribution in [3.05, 3.63) is 30.3 Å². The van der Waals surface area contributed by atoms with Gasteiger partial charge in [-0.1, -0.05) is 11.2 Å². The van der Waals surface area contributed by atoms with Crippen LogP contribution in [0.15, 0.2) is 28.8 Å². The van der Waals surface area contributed by atoms with Gasteiger partial charge in [-0.15, -0.1) is 5.10 Å². The van der Waals surface area contributed by atoms with Crippen LogP contribution >= 0.6 is 0 Å². The third kappa shape index (κ3) is 2.57. The zero-order chi connectivity index (χ0) is 13.9. The molecule has 0 amide bonds. The first-order valence-corrected chi connectivity index (χ1v) is 6.74. The summed E-state index contributed by atoms with van der Waals surface area (Å²) >= 11 is 0. The summed E-state index contributed by atoms with van der Waals surface area (Å²) in [4.78, 5) is 8.70. The van der Waals surface area contributed by atoms with Crippen molar-refractivity contribution in [2.24, 2.45) is 5.73 Å². The van der Waals surface area contributed by atoms with Crippen LogP contribution in [0.1, 0.15) is 18.9 Å². The number of nitrogens with two attached hydrogens (primary N) is 1. The Hall–Kier alpha value is -2.15. The van der Waals surface area contributed by atoms with Gasteiger partial charge in [0, 0.05) is 32.4 Å². The lowest BCUT2D eigenvalue weighted by Gasteiger charge is -2.34. The van der Waals surface area contributed by atoms with Crippen LogP contribution in [0.2, 0.25) is 0 Å². The van der Waals surface area contributed by atoms with E-state index in [2.05, 4.69) is 25.0 Å². The highest BCUT2D eigenvalue weighted by molar-refractivity contribution is 5.41. The van der Waals surface area contributed by atoms with Gasteiger partial charge in [-0.05, 0) is 19.1 Å². The monoisotopic (exact) mass is 274 g/mol. The van der Waals surface area contributed by atoms with E-state index >= 15 is 0 Å². The lowest BCUT2D eigenvalue weighted by molar-refractivity contribution is 0.450. The van der Waals surface area contributed by atoms with E-state index in [4.69, 9.17) is 10.2 Å². The fraction of sp³-hybridized carbons (Fsp3) is 0.462. The first-order valence-electron chi connectivity index (χ1n) is 6.74. The molecule has 3 rings (SSSR count). The molecule has 2 aromatic heterocycles. The molecule has 1 atom stereocenters. The Bertz CT molecular complexity index is 547. The smallest absolute Gasteiger partial charge is 0.318 e. The molecule has 1 unspecified atom stereocenters. The van der Waals surface area contributed by atoms with E-state index < -0.39 is 0 Å². The normalized spacial score (nSPS) is 17.3. The molecule has 1 fully saturated rings. The summed E-state index contributed by atoms with van der Waals surface area (Å²) in [5.74, 6) is 1.49. The number of hydrogen-bond acceptors (Lipinski definition) is 7. The molecule has 1 aliphatic heterocycles. The highest BCUT2D eigenvalue weighted by Gasteiger charge is 2.22. The summed E-state index contributed by atoms with van der Waals surface area (Å²) in [5.41, 5.74) is 5.72. The zero-order valence-electron chi connectivity index (χ0n) is 11.4. The number of hydrogen-bond donors (Lipinski definition) is 1. The quantitative estimate of drug-likeness (QED) is 0.886. The number of rotatable bonds is 3. The molecular weight excluding hydrogens is 256 g/mol. The second kappa shape index (κ2) is 5.46. The standard InChI is InChI=1S/C13H18N6O/c1-10(14)12-16-17-13(20-12)19-8-6-18(7-9-19)11-4-2-3-5-15-11/h2-5,10H,6-9,14H2,1H3. The average molecular weight is 274 g/mol. The summed E-state index contributed by atoms with van der Waals surface area (Å²) in [5, 5.41) is 8.01. The van der Waals surface area contributed by atoms with E-state index in [1.807, 2.05) is 31.3 Å². The van der Waals surface area contributed by atoms with Crippen molar-refractivity contribution >= 4 is 11.8 Å². The maximum absolute atomic E-state index is 5.72. The molecule has 0 radical (unpaired) electrons. The number of pyridine rings is 1. The average Bonchev–Trinajstić information content (AvgIpc) is 2.98. The molecule has 7 nitrogen and oxygen atoms in total. The lowest BCUT2D eigenvalue weighted by atomic mass is 10.3. The molecule has 106 valence electrons. The van der Waals surface area contributed by atoms with Crippen molar-refractivity contribution in [1.82, 2.24) is 15.2 Å². The molecule has 1 saturated heterocycles. The van der Waals surface area contributed by atoms with Crippen LogP contribution in [0.4, 0.5) is 11.8 Å². The van der Waals surface area contributed by atoms with Gasteiger partial charge in [0.25, 0.3) is 0 Å². The third-order valence-corrected chi connectivity index (χ3v) is 3.34. The van der Waals surface area contributed by atoms with Crippen molar-refractivity contribution in [2.75, 3.05) is 36.0 Å². The number of piperazine rings is 1. The molecule has 3 heterocycles. The van der Waals surface area contributed by atoms with Gasteiger partial charge in [0.2, 0.25) is 5.89 Å². The van der Waals surface area contributed by atoms with Gasteiger partial charge in [-0.25, -0.2) is 4.98 Å². The molecule has 1 aliphatic rings. The second-order valence-electron chi connectivity index (χ2n) is 4.87. The molecule has 0 aliphatic carbocycles. The first-order chi connectivity index (χ1) is 9.74. The predicted octanol–water partition coefficient (Wildman–Crippen LogP) is 0.811. The summed E-state index contributed by atoms with van der Waals surface area (Å²) in [6.07, 6.45) is 1.81. The molecule has 7 heteroatoms. The summed E-state index contributed by atoms with van der Waals surface area (Å²) < 4.78 is 5.57. The Morgan fingerprint density at radius 1 is 1.15 bits per heavy atom. The van der Waals surface area contributed by atoms with Crippen molar-refractivity contribution < 1.29 is 4.42 Å². The van der Waals surface area contributed by atoms with E-state index in [0.717, 1.165) is 32.0 Å². The van der Waals surface area contributed by atoms with Gasteiger partial charge in [-0.3, -0.25) is 0 Å². The maximum Gasteiger partial charge on any atom is 0.318 e. The van der Waals surface area contributed by atoms with Gasteiger partial charge in [-0.2, -0.15) is 0 Å². The van der Waals surface area contributed by atoms with E-state index in [1.54, 1.807) is 0 Å². The van der Waals surface area contributed by atoms with Crippen LogP contribution in [0.5, 0.6) is 0 Å². The third-order valence-electron chi connectivity index (χ3n) is 3.34. The van der Waals surface area contributed by atoms with Gasteiger partial charge >= 0.3 is 6.01 Å². The van der Waals surface area contributed by atoms with E-state index in [-0.39, 0.29) is 6.04 Å². The van der Waals surface area contributed by atoms with Crippen LogP contribution in [0.25, 0.3) is 0 Å². The molecule has 0 saturated carbocycles. The van der Waals surface area contributed by atoms with Crippen molar-refractivity contribution in [3.8, 4) is 0 Å². The highest BCUT2D eigenvalue weighted by atomic mass is 16.4. The first kappa shape index (κ1) is 12.9. The Labute approximate surface area is 117 Å². The predicted molar refractivity (Wildman–Crippen MR) is 75.6 cm³/mol. The topological polar surface area (TPSA) is 84.3 Å². The Morgan fingerprint density at radius 3 is 2.50 bits per heavy atom. The van der Waals surface area contributed by atoms with Crippen molar-refractivity contribution in [3.63, 3.8) is 0 Å². The zero-order valence-corrected chi connectivity index (χ0v) is 11.4. The summed E-state index contributed by atoms with van der Waals surface area (Å²) in [6, 6.07) is 6.27.